The van der Waals surface area contributed by atoms with E-state index in [2.05, 4.69) is 14.9 Å². The summed E-state index contributed by atoms with van der Waals surface area (Å²) in [5.74, 6) is 0. The number of halogens is 1. The van der Waals surface area contributed by atoms with Gasteiger partial charge in [0.2, 0.25) is 15.2 Å². The Bertz CT molecular complexity index is 1280. The Morgan fingerprint density at radius 1 is 1.36 bits per heavy atom. The van der Waals surface area contributed by atoms with E-state index in [9.17, 15) is 17.6 Å². The van der Waals surface area contributed by atoms with Gasteiger partial charge in [0.1, 0.15) is 18.2 Å². The second kappa shape index (κ2) is 6.47. The van der Waals surface area contributed by atoms with Crippen molar-refractivity contribution < 1.29 is 12.8 Å². The second-order valence-corrected chi connectivity index (χ2v) is 9.48. The number of hydrogen-bond donors (Lipinski definition) is 1. The van der Waals surface area contributed by atoms with E-state index in [1.807, 2.05) is 6.07 Å². The van der Waals surface area contributed by atoms with Crippen LogP contribution < -0.4 is 10.4 Å². The van der Waals surface area contributed by atoms with Crippen molar-refractivity contribution >= 4 is 32.4 Å². The van der Waals surface area contributed by atoms with Crippen molar-refractivity contribution in [2.24, 2.45) is 0 Å². The second-order valence-electron chi connectivity index (χ2n) is 6.64. The van der Waals surface area contributed by atoms with Crippen molar-refractivity contribution in [2.45, 2.75) is 36.7 Å². The van der Waals surface area contributed by atoms with E-state index in [1.54, 1.807) is 6.92 Å². The molecule has 0 atom stereocenters. The highest BCUT2D eigenvalue weighted by molar-refractivity contribution is 7.89. The predicted molar refractivity (Wildman–Crippen MR) is 99.6 cm³/mol. The van der Waals surface area contributed by atoms with Gasteiger partial charge in [-0.05, 0) is 38.0 Å². The van der Waals surface area contributed by atoms with E-state index in [0.29, 0.717) is 23.4 Å². The number of alkyl halides is 1. The summed E-state index contributed by atoms with van der Waals surface area (Å²) in [5.41, 5.74) is -0.872. The number of aromatic nitrogens is 4. The fourth-order valence-electron chi connectivity index (χ4n) is 2.95. The summed E-state index contributed by atoms with van der Waals surface area (Å²) < 4.78 is 43.4. The number of hydrogen-bond acceptors (Lipinski definition) is 7. The summed E-state index contributed by atoms with van der Waals surface area (Å²) in [7, 11) is -3.98. The van der Waals surface area contributed by atoms with E-state index in [0.717, 1.165) is 0 Å². The fraction of sp³-hybridized carbons (Fsp3) is 0.375. The van der Waals surface area contributed by atoms with Crippen LogP contribution in [0.2, 0.25) is 0 Å². The molecular formula is C16H15FN6O3S2. The number of imidazole rings is 1. The molecule has 1 aliphatic rings. The van der Waals surface area contributed by atoms with E-state index in [-0.39, 0.29) is 22.1 Å². The number of nitriles is 1. The van der Waals surface area contributed by atoms with Crippen molar-refractivity contribution in [3.05, 3.63) is 33.7 Å². The van der Waals surface area contributed by atoms with E-state index >= 15 is 0 Å². The van der Waals surface area contributed by atoms with Crippen LogP contribution in [-0.4, -0.2) is 40.0 Å². The molecule has 3 aromatic rings. The lowest BCUT2D eigenvalue weighted by Crippen LogP contribution is -2.38. The molecule has 1 fully saturated rings. The first-order valence-electron chi connectivity index (χ1n) is 8.33. The Morgan fingerprint density at radius 2 is 2.11 bits per heavy atom. The van der Waals surface area contributed by atoms with Crippen LogP contribution in [0.5, 0.6) is 0 Å². The average molecular weight is 422 g/mol. The summed E-state index contributed by atoms with van der Waals surface area (Å²) >= 11 is 1.17. The maximum absolute atomic E-state index is 13.1. The summed E-state index contributed by atoms with van der Waals surface area (Å²) in [6.45, 7) is 0.754. The molecule has 1 aromatic carbocycles. The molecule has 1 aliphatic carbocycles. The van der Waals surface area contributed by atoms with E-state index < -0.39 is 27.9 Å². The van der Waals surface area contributed by atoms with Gasteiger partial charge in [-0.15, -0.1) is 10.2 Å². The van der Waals surface area contributed by atoms with Crippen LogP contribution in [0.3, 0.4) is 0 Å². The Balaban J connectivity index is 1.91. The Kier molecular flexibility index (Phi) is 4.33. The molecule has 12 heteroatoms. The van der Waals surface area contributed by atoms with Gasteiger partial charge in [0, 0.05) is 0 Å². The minimum absolute atomic E-state index is 0.0937. The zero-order valence-electron chi connectivity index (χ0n) is 14.7. The number of benzene rings is 1. The monoisotopic (exact) mass is 422 g/mol. The molecule has 0 aliphatic heterocycles. The molecule has 0 saturated heterocycles. The van der Waals surface area contributed by atoms with Gasteiger partial charge in [-0.25, -0.2) is 26.9 Å². The van der Waals surface area contributed by atoms with Gasteiger partial charge < -0.3 is 0 Å². The lowest BCUT2D eigenvalue weighted by Gasteiger charge is -2.14. The van der Waals surface area contributed by atoms with Gasteiger partial charge in [0.05, 0.1) is 27.5 Å². The average Bonchev–Trinajstić information content (AvgIpc) is 3.20. The highest BCUT2D eigenvalue weighted by Gasteiger charge is 2.46. The van der Waals surface area contributed by atoms with Crippen molar-refractivity contribution in [3.63, 3.8) is 0 Å². The fourth-order valence-corrected chi connectivity index (χ4v) is 5.10. The van der Waals surface area contributed by atoms with Gasteiger partial charge in [-0.1, -0.05) is 11.3 Å². The van der Waals surface area contributed by atoms with Crippen LogP contribution in [0.15, 0.2) is 27.9 Å². The highest BCUT2D eigenvalue weighted by atomic mass is 32.2. The van der Waals surface area contributed by atoms with Gasteiger partial charge in [0.25, 0.3) is 0 Å². The number of nitrogens with zero attached hydrogens (tertiary/aromatic N) is 5. The number of fused-ring (bicyclic) bond motifs is 1. The van der Waals surface area contributed by atoms with Crippen molar-refractivity contribution in [3.8, 4) is 11.2 Å². The summed E-state index contributed by atoms with van der Waals surface area (Å²) in [5, 5.41) is 17.8. The summed E-state index contributed by atoms with van der Waals surface area (Å²) in [6, 6.07) is 6.05. The largest absolute Gasteiger partial charge is 0.336 e. The minimum Gasteiger partial charge on any atom is -0.278 e. The zero-order valence-corrected chi connectivity index (χ0v) is 16.3. The van der Waals surface area contributed by atoms with E-state index in [4.69, 9.17) is 5.26 Å². The predicted octanol–water partition coefficient (Wildman–Crippen LogP) is 1.26. The van der Waals surface area contributed by atoms with Crippen LogP contribution >= 0.6 is 11.3 Å². The first-order valence-corrected chi connectivity index (χ1v) is 10.6. The normalized spacial score (nSPS) is 15.6. The maximum Gasteiger partial charge on any atom is 0.336 e. The SMILES string of the molecule is Cc1nnc(-n2c(=O)n(CC#N)c3ccc(S(=O)(=O)NC4(CF)CC4)cc32)s1. The van der Waals surface area contributed by atoms with Gasteiger partial charge >= 0.3 is 5.69 Å². The minimum atomic E-state index is -3.98. The molecule has 0 amide bonds. The first kappa shape index (κ1) is 18.7. The van der Waals surface area contributed by atoms with Crippen LogP contribution in [0.4, 0.5) is 4.39 Å². The number of sulfonamides is 1. The maximum atomic E-state index is 13.1. The van der Waals surface area contributed by atoms with Crippen molar-refractivity contribution in [1.29, 1.82) is 5.26 Å². The molecule has 146 valence electrons. The molecule has 0 bridgehead atoms. The molecule has 0 radical (unpaired) electrons. The van der Waals surface area contributed by atoms with Crippen LogP contribution in [0, 0.1) is 18.3 Å². The van der Waals surface area contributed by atoms with Gasteiger partial charge in [-0.3, -0.25) is 4.57 Å². The zero-order chi connectivity index (χ0) is 20.1. The van der Waals surface area contributed by atoms with Gasteiger partial charge in [-0.2, -0.15) is 5.26 Å². The third kappa shape index (κ3) is 3.01. The van der Waals surface area contributed by atoms with Gasteiger partial charge in [0.15, 0.2) is 0 Å². The summed E-state index contributed by atoms with van der Waals surface area (Å²) in [4.78, 5) is 12.7. The lowest BCUT2D eigenvalue weighted by molar-refractivity contribution is 0.393. The van der Waals surface area contributed by atoms with Crippen molar-refractivity contribution in [2.75, 3.05) is 6.67 Å². The quantitative estimate of drug-likeness (QED) is 0.638. The molecule has 2 heterocycles. The van der Waals surface area contributed by atoms with Crippen LogP contribution in [0.25, 0.3) is 16.2 Å². The Labute approximate surface area is 163 Å². The molecule has 1 N–H and O–H groups in total. The Hall–Kier alpha value is -2.62. The number of rotatable bonds is 6. The first-order chi connectivity index (χ1) is 13.3. The Morgan fingerprint density at radius 3 is 2.68 bits per heavy atom. The third-order valence-electron chi connectivity index (χ3n) is 4.61. The molecule has 0 unspecified atom stereocenters. The standard InChI is InChI=1S/C16H15FN6O3S2/c1-10-19-20-14(27-10)23-13-8-11(28(25,26)21-16(9-17)4-5-16)2-3-12(13)22(7-6-18)15(23)24/h2-3,8,21H,4-5,7,9H2,1H3. The molecule has 9 nitrogen and oxygen atoms in total. The molecule has 2 aromatic heterocycles. The lowest BCUT2D eigenvalue weighted by atomic mass is 10.3. The van der Waals surface area contributed by atoms with Crippen LogP contribution in [0.1, 0.15) is 17.8 Å². The smallest absolute Gasteiger partial charge is 0.278 e. The van der Waals surface area contributed by atoms with Crippen LogP contribution in [-0.2, 0) is 16.6 Å². The molecule has 1 saturated carbocycles. The third-order valence-corrected chi connectivity index (χ3v) is 7.01. The molecular weight excluding hydrogens is 407 g/mol. The number of nitrogens with one attached hydrogen (secondary N) is 1. The highest BCUT2D eigenvalue weighted by Crippen LogP contribution is 2.37. The summed E-state index contributed by atoms with van der Waals surface area (Å²) in [6.07, 6.45) is 0.885. The molecule has 4 rings (SSSR count). The topological polar surface area (TPSA) is 123 Å². The van der Waals surface area contributed by atoms with E-state index in [1.165, 1.54) is 38.7 Å². The number of aryl methyl sites for hydroxylation is 1. The van der Waals surface area contributed by atoms with Crippen molar-refractivity contribution in [1.82, 2.24) is 24.1 Å². The molecule has 28 heavy (non-hydrogen) atoms. The molecule has 0 spiro atoms.